The second-order valence-corrected chi connectivity index (χ2v) is 7.04. The molecule has 0 aliphatic carbocycles. The van der Waals surface area contributed by atoms with Crippen LogP contribution in [0.25, 0.3) is 0 Å². The molecule has 0 bridgehead atoms. The molecule has 4 heteroatoms. The number of hydrogen-bond acceptors (Lipinski definition) is 4. The number of nitrogens with zero attached hydrogens (tertiary/aromatic N) is 2. The Bertz CT molecular complexity index is 721. The van der Waals surface area contributed by atoms with Gasteiger partial charge in [0, 0.05) is 32.7 Å². The van der Waals surface area contributed by atoms with Crippen LogP contribution in [0.5, 0.6) is 11.5 Å². The van der Waals surface area contributed by atoms with Crippen LogP contribution < -0.4 is 4.74 Å². The van der Waals surface area contributed by atoms with Crippen LogP contribution in [0, 0.1) is 0 Å². The Morgan fingerprint density at radius 3 is 2.44 bits per heavy atom. The molecule has 1 aliphatic heterocycles. The lowest BCUT2D eigenvalue weighted by molar-refractivity contribution is 0.117. The molecule has 1 aliphatic rings. The highest BCUT2D eigenvalue weighted by Crippen LogP contribution is 2.32. The number of rotatable bonds is 8. The molecule has 1 unspecified atom stereocenters. The summed E-state index contributed by atoms with van der Waals surface area (Å²) < 4.78 is 5.73. The number of ether oxygens (including phenoxy) is 1. The first kappa shape index (κ1) is 19.5. The summed E-state index contributed by atoms with van der Waals surface area (Å²) in [6, 6.07) is 16.1. The molecule has 1 atom stereocenters. The van der Waals surface area contributed by atoms with Gasteiger partial charge in [0.2, 0.25) is 0 Å². The summed E-state index contributed by atoms with van der Waals surface area (Å²) >= 11 is 0. The van der Waals surface area contributed by atoms with Crippen LogP contribution in [-0.4, -0.2) is 54.2 Å². The summed E-state index contributed by atoms with van der Waals surface area (Å²) in [6.45, 7) is 11.7. The van der Waals surface area contributed by atoms with Gasteiger partial charge in [0.1, 0.15) is 11.5 Å². The van der Waals surface area contributed by atoms with E-state index >= 15 is 0 Å². The molecule has 1 saturated heterocycles. The SMILES string of the molecule is C=CCN1CCN(C(c2ccc(OCCC)cc2)c2cccc(O)c2)CC1. The van der Waals surface area contributed by atoms with Crippen molar-refractivity contribution in [3.05, 3.63) is 72.3 Å². The largest absolute Gasteiger partial charge is 0.508 e. The summed E-state index contributed by atoms with van der Waals surface area (Å²) in [5.74, 6) is 1.22. The van der Waals surface area contributed by atoms with Gasteiger partial charge in [0.25, 0.3) is 0 Å². The summed E-state index contributed by atoms with van der Waals surface area (Å²) in [6.07, 6.45) is 2.97. The topological polar surface area (TPSA) is 35.9 Å². The molecule has 0 saturated carbocycles. The number of phenols is 1. The van der Waals surface area contributed by atoms with E-state index < -0.39 is 0 Å². The maximum Gasteiger partial charge on any atom is 0.119 e. The number of hydrogen-bond donors (Lipinski definition) is 1. The molecule has 144 valence electrons. The smallest absolute Gasteiger partial charge is 0.119 e. The van der Waals surface area contributed by atoms with E-state index in [9.17, 15) is 5.11 Å². The van der Waals surface area contributed by atoms with Crippen molar-refractivity contribution in [2.24, 2.45) is 0 Å². The second-order valence-electron chi connectivity index (χ2n) is 7.04. The lowest BCUT2D eigenvalue weighted by Gasteiger charge is -2.39. The van der Waals surface area contributed by atoms with Gasteiger partial charge in [0.05, 0.1) is 12.6 Å². The van der Waals surface area contributed by atoms with Crippen LogP contribution in [0.2, 0.25) is 0 Å². The van der Waals surface area contributed by atoms with Gasteiger partial charge in [0.15, 0.2) is 0 Å². The molecule has 0 amide bonds. The third kappa shape index (κ3) is 5.12. The quantitative estimate of drug-likeness (QED) is 0.715. The first-order valence-corrected chi connectivity index (χ1v) is 9.80. The first-order chi connectivity index (χ1) is 13.2. The van der Waals surface area contributed by atoms with Crippen LogP contribution in [-0.2, 0) is 0 Å². The molecule has 0 spiro atoms. The highest BCUT2D eigenvalue weighted by atomic mass is 16.5. The molecule has 27 heavy (non-hydrogen) atoms. The summed E-state index contributed by atoms with van der Waals surface area (Å²) in [4.78, 5) is 4.92. The predicted octanol–water partition coefficient (Wildman–Crippen LogP) is 4.07. The van der Waals surface area contributed by atoms with Gasteiger partial charge in [-0.15, -0.1) is 6.58 Å². The minimum absolute atomic E-state index is 0.128. The van der Waals surface area contributed by atoms with Crippen molar-refractivity contribution in [1.82, 2.24) is 9.80 Å². The molecular formula is C23H30N2O2. The van der Waals surface area contributed by atoms with Crippen LogP contribution in [0.1, 0.15) is 30.5 Å². The zero-order valence-electron chi connectivity index (χ0n) is 16.2. The van der Waals surface area contributed by atoms with Gasteiger partial charge in [-0.1, -0.05) is 37.3 Å². The molecular weight excluding hydrogens is 336 g/mol. The monoisotopic (exact) mass is 366 g/mol. The molecule has 1 N–H and O–H groups in total. The minimum Gasteiger partial charge on any atom is -0.508 e. The molecule has 4 nitrogen and oxygen atoms in total. The highest BCUT2D eigenvalue weighted by molar-refractivity contribution is 5.38. The molecule has 0 aromatic heterocycles. The van der Waals surface area contributed by atoms with Crippen molar-refractivity contribution >= 4 is 0 Å². The molecule has 0 radical (unpaired) electrons. The summed E-state index contributed by atoms with van der Waals surface area (Å²) in [5.41, 5.74) is 2.34. The zero-order chi connectivity index (χ0) is 19.1. The third-order valence-electron chi connectivity index (χ3n) is 5.01. The van der Waals surface area contributed by atoms with Crippen molar-refractivity contribution in [1.29, 1.82) is 0 Å². The van der Waals surface area contributed by atoms with E-state index in [2.05, 4.69) is 53.6 Å². The number of aromatic hydroxyl groups is 1. The van der Waals surface area contributed by atoms with Gasteiger partial charge >= 0.3 is 0 Å². The standard InChI is InChI=1S/C23H30N2O2/c1-3-12-24-13-15-25(16-14-24)23(20-6-5-7-21(26)18-20)19-8-10-22(11-9-19)27-17-4-2/h3,5-11,18,23,26H,1,4,12-17H2,2H3. The van der Waals surface area contributed by atoms with Gasteiger partial charge < -0.3 is 9.84 Å². The molecule has 2 aromatic carbocycles. The Morgan fingerprint density at radius 1 is 1.07 bits per heavy atom. The van der Waals surface area contributed by atoms with Gasteiger partial charge in [-0.25, -0.2) is 0 Å². The number of phenolic OH excluding ortho intramolecular Hbond substituents is 1. The average Bonchev–Trinajstić information content (AvgIpc) is 2.69. The Hall–Kier alpha value is -2.30. The van der Waals surface area contributed by atoms with Crippen molar-refractivity contribution < 1.29 is 9.84 Å². The molecule has 3 rings (SSSR count). The first-order valence-electron chi connectivity index (χ1n) is 9.80. The fourth-order valence-corrected chi connectivity index (χ4v) is 3.66. The van der Waals surface area contributed by atoms with Crippen molar-refractivity contribution in [2.45, 2.75) is 19.4 Å². The lowest BCUT2D eigenvalue weighted by atomic mass is 9.96. The maximum absolute atomic E-state index is 10.0. The Balaban J connectivity index is 1.83. The highest BCUT2D eigenvalue weighted by Gasteiger charge is 2.26. The molecule has 1 fully saturated rings. The van der Waals surface area contributed by atoms with E-state index in [0.29, 0.717) is 5.75 Å². The van der Waals surface area contributed by atoms with Gasteiger partial charge in [-0.05, 0) is 41.8 Å². The van der Waals surface area contributed by atoms with E-state index in [1.165, 1.54) is 5.56 Å². The summed E-state index contributed by atoms with van der Waals surface area (Å²) in [7, 11) is 0. The van der Waals surface area contributed by atoms with Gasteiger partial charge in [-0.3, -0.25) is 9.80 Å². The Kier molecular flexibility index (Phi) is 6.91. The van der Waals surface area contributed by atoms with Crippen molar-refractivity contribution in [3.63, 3.8) is 0 Å². The predicted molar refractivity (Wildman–Crippen MR) is 110 cm³/mol. The van der Waals surface area contributed by atoms with Crippen molar-refractivity contribution in [3.8, 4) is 11.5 Å². The molecule has 1 heterocycles. The Labute approximate surface area is 162 Å². The lowest BCUT2D eigenvalue weighted by Crippen LogP contribution is -2.47. The van der Waals surface area contributed by atoms with E-state index in [-0.39, 0.29) is 6.04 Å². The fourth-order valence-electron chi connectivity index (χ4n) is 3.66. The van der Waals surface area contributed by atoms with Crippen molar-refractivity contribution in [2.75, 3.05) is 39.3 Å². The average molecular weight is 367 g/mol. The second kappa shape index (κ2) is 9.58. The number of benzene rings is 2. The van der Waals surface area contributed by atoms with Crippen LogP contribution in [0.15, 0.2) is 61.2 Å². The fraction of sp³-hybridized carbons (Fsp3) is 0.391. The van der Waals surface area contributed by atoms with E-state index in [1.807, 2.05) is 18.2 Å². The van der Waals surface area contributed by atoms with E-state index in [1.54, 1.807) is 6.07 Å². The third-order valence-corrected chi connectivity index (χ3v) is 5.01. The number of piperazine rings is 1. The Morgan fingerprint density at radius 2 is 1.81 bits per heavy atom. The zero-order valence-corrected chi connectivity index (χ0v) is 16.2. The van der Waals surface area contributed by atoms with Crippen LogP contribution in [0.3, 0.4) is 0 Å². The van der Waals surface area contributed by atoms with E-state index in [4.69, 9.17) is 4.74 Å². The van der Waals surface area contributed by atoms with Crippen LogP contribution >= 0.6 is 0 Å². The summed E-state index contributed by atoms with van der Waals surface area (Å²) in [5, 5.41) is 10.0. The minimum atomic E-state index is 0.128. The molecule has 2 aromatic rings. The van der Waals surface area contributed by atoms with E-state index in [0.717, 1.165) is 57.1 Å². The maximum atomic E-state index is 10.0. The normalized spacial score (nSPS) is 16.8. The van der Waals surface area contributed by atoms with Gasteiger partial charge in [-0.2, -0.15) is 0 Å². The van der Waals surface area contributed by atoms with Crippen LogP contribution in [0.4, 0.5) is 0 Å².